The molecule has 1 aliphatic heterocycles. The molecule has 0 bridgehead atoms. The summed E-state index contributed by atoms with van der Waals surface area (Å²) in [6.45, 7) is -1.09. The van der Waals surface area contributed by atoms with Gasteiger partial charge in [-0.25, -0.2) is 9.97 Å². The van der Waals surface area contributed by atoms with Crippen molar-refractivity contribution in [3.8, 4) is 11.5 Å². The summed E-state index contributed by atoms with van der Waals surface area (Å²) in [5.41, 5.74) is 0.523. The predicted octanol–water partition coefficient (Wildman–Crippen LogP) is -0.636. The van der Waals surface area contributed by atoms with Crippen LogP contribution in [0, 0.1) is 0 Å². The van der Waals surface area contributed by atoms with Gasteiger partial charge in [-0.2, -0.15) is 0 Å². The predicted molar refractivity (Wildman–Crippen MR) is 81.8 cm³/mol. The highest BCUT2D eigenvalue weighted by atomic mass is 35.5. The third-order valence-corrected chi connectivity index (χ3v) is 3.67. The molecule has 3 rings (SSSR count). The number of nitrogens with zero attached hydrogens (tertiary/aromatic N) is 2. The normalized spacial score (nSPS) is 20.5. The molecule has 0 saturated carbocycles. The van der Waals surface area contributed by atoms with Crippen LogP contribution in [0.15, 0.2) is 18.5 Å². The van der Waals surface area contributed by atoms with E-state index in [0.717, 1.165) is 0 Å². The fourth-order valence-corrected chi connectivity index (χ4v) is 2.31. The van der Waals surface area contributed by atoms with Crippen LogP contribution in [0.3, 0.4) is 0 Å². The van der Waals surface area contributed by atoms with E-state index in [1.165, 1.54) is 6.33 Å². The van der Waals surface area contributed by atoms with Crippen molar-refractivity contribution in [1.82, 2.24) is 9.97 Å². The van der Waals surface area contributed by atoms with Gasteiger partial charge in [0.15, 0.2) is 11.5 Å². The van der Waals surface area contributed by atoms with Crippen LogP contribution < -0.4 is 9.47 Å². The molecule has 1 aromatic heterocycles. The molecule has 0 radical (unpaired) electrons. The first-order valence-electron chi connectivity index (χ1n) is 7.17. The lowest BCUT2D eigenvalue weighted by Gasteiger charge is -2.33. The molecule has 10 nitrogen and oxygen atoms in total. The number of benzene rings is 1. The topological polar surface area (TPSA) is 144 Å². The molecule has 0 atom stereocenters. The number of hydrogen-bond donors (Lipinski definition) is 4. The van der Waals surface area contributed by atoms with Gasteiger partial charge >= 0.3 is 11.9 Å². The molecular formula is C14H15ClN2O8. The Kier molecular flexibility index (Phi) is 4.93. The number of fused-ring (bicyclic) bond motifs is 2. The lowest BCUT2D eigenvalue weighted by Crippen LogP contribution is -2.58. The summed E-state index contributed by atoms with van der Waals surface area (Å²) < 4.78 is 20.2. The first-order chi connectivity index (χ1) is 11.8. The van der Waals surface area contributed by atoms with Crippen LogP contribution >= 0.6 is 11.6 Å². The third kappa shape index (κ3) is 3.75. The number of aromatic nitrogens is 2. The maximum atomic E-state index is 9.54. The van der Waals surface area contributed by atoms with Crippen LogP contribution in [-0.2, 0) is 9.47 Å². The van der Waals surface area contributed by atoms with Gasteiger partial charge in [0.25, 0.3) is 0 Å². The highest BCUT2D eigenvalue weighted by Crippen LogP contribution is 2.34. The summed E-state index contributed by atoms with van der Waals surface area (Å²) in [5, 5.41) is 38.9. The molecule has 4 N–H and O–H groups in total. The Morgan fingerprint density at radius 3 is 2.00 bits per heavy atom. The van der Waals surface area contributed by atoms with Crippen LogP contribution in [0.2, 0.25) is 5.15 Å². The SMILES string of the molecule is OC1(O)OCCOc2cc3ncnc(Cl)c3cc2OCCOC1(O)O. The number of aliphatic hydroxyl groups is 4. The zero-order valence-electron chi connectivity index (χ0n) is 12.8. The fourth-order valence-electron chi connectivity index (χ4n) is 2.12. The Balaban J connectivity index is 1.89. The summed E-state index contributed by atoms with van der Waals surface area (Å²) in [5.74, 6) is -6.08. The third-order valence-electron chi connectivity index (χ3n) is 3.36. The monoisotopic (exact) mass is 374 g/mol. The van der Waals surface area contributed by atoms with Gasteiger partial charge in [-0.15, -0.1) is 0 Å². The van der Waals surface area contributed by atoms with E-state index in [1.807, 2.05) is 0 Å². The molecule has 1 aromatic carbocycles. The highest BCUT2D eigenvalue weighted by Gasteiger charge is 2.51. The van der Waals surface area contributed by atoms with Crippen molar-refractivity contribution in [1.29, 1.82) is 0 Å². The van der Waals surface area contributed by atoms with E-state index in [0.29, 0.717) is 22.4 Å². The fraction of sp³-hybridized carbons (Fsp3) is 0.429. The van der Waals surface area contributed by atoms with E-state index >= 15 is 0 Å². The second-order valence-corrected chi connectivity index (χ2v) is 5.45. The Labute approximate surface area is 146 Å². The molecular weight excluding hydrogens is 360 g/mol. The van der Waals surface area contributed by atoms with Crippen LogP contribution in [0.5, 0.6) is 11.5 Å². The van der Waals surface area contributed by atoms with Crippen LogP contribution in [0.25, 0.3) is 10.9 Å². The zero-order valence-corrected chi connectivity index (χ0v) is 13.5. The van der Waals surface area contributed by atoms with Crippen molar-refractivity contribution >= 4 is 22.5 Å². The summed E-state index contributed by atoms with van der Waals surface area (Å²) in [6, 6.07) is 3.16. The average Bonchev–Trinajstić information content (AvgIpc) is 2.55. The highest BCUT2D eigenvalue weighted by molar-refractivity contribution is 6.34. The van der Waals surface area contributed by atoms with Gasteiger partial charge in [0.1, 0.15) is 24.7 Å². The number of hydrogen-bond acceptors (Lipinski definition) is 10. The molecule has 1 aliphatic rings. The second kappa shape index (κ2) is 6.84. The van der Waals surface area contributed by atoms with Gasteiger partial charge in [0.05, 0.1) is 18.7 Å². The quantitative estimate of drug-likeness (QED) is 0.347. The Morgan fingerprint density at radius 2 is 1.40 bits per heavy atom. The maximum absolute atomic E-state index is 9.54. The summed E-state index contributed by atoms with van der Waals surface area (Å²) in [7, 11) is 0. The molecule has 11 heteroatoms. The lowest BCUT2D eigenvalue weighted by atomic mass is 10.2. The summed E-state index contributed by atoms with van der Waals surface area (Å²) in [4.78, 5) is 7.97. The van der Waals surface area contributed by atoms with Gasteiger partial charge in [-0.05, 0) is 6.07 Å². The Hall–Kier alpha value is -1.79. The first kappa shape index (κ1) is 18.0. The average molecular weight is 375 g/mol. The standard InChI is InChI=1S/C14H15ClN2O8/c15-12-8-5-10-11(6-9(8)16-7-17-12)23-2-4-25-14(20,21)13(18,19)24-3-1-22-10/h5-7,18-21H,1-4H2. The van der Waals surface area contributed by atoms with Crippen LogP contribution in [0.4, 0.5) is 0 Å². The molecule has 0 spiro atoms. The van der Waals surface area contributed by atoms with E-state index in [1.54, 1.807) is 12.1 Å². The minimum Gasteiger partial charge on any atom is -0.487 e. The van der Waals surface area contributed by atoms with Gasteiger partial charge in [0.2, 0.25) is 0 Å². The van der Waals surface area contributed by atoms with E-state index in [4.69, 9.17) is 21.1 Å². The largest absolute Gasteiger partial charge is 0.487 e. The Morgan fingerprint density at radius 1 is 0.840 bits per heavy atom. The molecule has 2 heterocycles. The number of halogens is 1. The van der Waals surface area contributed by atoms with Gasteiger partial charge in [0, 0.05) is 11.5 Å². The first-order valence-corrected chi connectivity index (χ1v) is 7.55. The molecule has 2 aromatic rings. The van der Waals surface area contributed by atoms with Crippen molar-refractivity contribution in [2.45, 2.75) is 11.9 Å². The van der Waals surface area contributed by atoms with Crippen molar-refractivity contribution in [3.63, 3.8) is 0 Å². The van der Waals surface area contributed by atoms with Crippen molar-refractivity contribution in [3.05, 3.63) is 23.6 Å². The minimum atomic E-state index is -3.35. The van der Waals surface area contributed by atoms with Crippen LogP contribution in [0.1, 0.15) is 0 Å². The second-order valence-electron chi connectivity index (χ2n) is 5.09. The number of rotatable bonds is 0. The maximum Gasteiger partial charge on any atom is 0.365 e. The molecule has 0 aliphatic carbocycles. The molecule has 25 heavy (non-hydrogen) atoms. The number of ether oxygens (including phenoxy) is 4. The van der Waals surface area contributed by atoms with Crippen molar-refractivity contribution in [2.75, 3.05) is 26.4 Å². The van der Waals surface area contributed by atoms with Crippen LogP contribution in [-0.4, -0.2) is 68.8 Å². The van der Waals surface area contributed by atoms with Gasteiger partial charge < -0.3 is 39.4 Å². The van der Waals surface area contributed by atoms with Gasteiger partial charge in [-0.3, -0.25) is 0 Å². The molecule has 0 fully saturated rings. The Bertz CT molecular complexity index is 770. The molecule has 0 unspecified atom stereocenters. The lowest BCUT2D eigenvalue weighted by molar-refractivity contribution is -0.530. The molecule has 0 saturated heterocycles. The van der Waals surface area contributed by atoms with E-state index in [9.17, 15) is 20.4 Å². The van der Waals surface area contributed by atoms with E-state index in [2.05, 4.69) is 19.4 Å². The van der Waals surface area contributed by atoms with Crippen molar-refractivity contribution < 1.29 is 39.4 Å². The summed E-state index contributed by atoms with van der Waals surface area (Å²) >= 11 is 6.03. The summed E-state index contributed by atoms with van der Waals surface area (Å²) in [6.07, 6.45) is 1.30. The van der Waals surface area contributed by atoms with Crippen molar-refractivity contribution in [2.24, 2.45) is 0 Å². The van der Waals surface area contributed by atoms with E-state index in [-0.39, 0.29) is 25.0 Å². The molecule has 136 valence electrons. The van der Waals surface area contributed by atoms with Gasteiger partial charge in [-0.1, -0.05) is 11.6 Å². The van der Waals surface area contributed by atoms with E-state index < -0.39 is 18.6 Å². The molecule has 0 amide bonds. The minimum absolute atomic E-state index is 0.153. The zero-order chi connectivity index (χ0) is 18.1. The smallest absolute Gasteiger partial charge is 0.365 e.